The molecule has 0 atom stereocenters. The van der Waals surface area contributed by atoms with E-state index in [0.29, 0.717) is 11.8 Å². The van der Waals surface area contributed by atoms with E-state index in [1.807, 2.05) is 0 Å². The molecule has 1 aromatic heterocycles. The Labute approximate surface area is 75.0 Å². The first-order valence-corrected chi connectivity index (χ1v) is 3.64. The molecular formula is C7H12N2O4. The second kappa shape index (κ2) is 3.99. The lowest BCUT2D eigenvalue weighted by molar-refractivity contribution is 0.119. The van der Waals surface area contributed by atoms with Crippen molar-refractivity contribution in [2.75, 3.05) is 21.3 Å². The average molecular weight is 188 g/mol. The number of nitrogens with one attached hydrogen (secondary N) is 1. The maximum Gasteiger partial charge on any atom is 0.333 e. The van der Waals surface area contributed by atoms with Gasteiger partial charge in [0, 0.05) is 7.11 Å². The fraction of sp³-hybridized carbons (Fsp3) is 0.571. The number of ether oxygens (including phenoxy) is 3. The molecule has 1 rings (SSSR count). The minimum absolute atomic E-state index is 0.127. The fourth-order valence-corrected chi connectivity index (χ4v) is 1.02. The van der Waals surface area contributed by atoms with Gasteiger partial charge in [-0.3, -0.25) is 4.98 Å². The first kappa shape index (κ1) is 9.66. The highest BCUT2D eigenvalue weighted by molar-refractivity contribution is 5.26. The lowest BCUT2D eigenvalue weighted by atomic mass is 10.7. The van der Waals surface area contributed by atoms with Crippen LogP contribution in [0.25, 0.3) is 0 Å². The number of imidazole rings is 1. The van der Waals surface area contributed by atoms with E-state index in [0.717, 1.165) is 0 Å². The Morgan fingerprint density at radius 3 is 2.46 bits per heavy atom. The summed E-state index contributed by atoms with van der Waals surface area (Å²) in [5.74, 6) is 0.624. The number of hydrogen-bond donors (Lipinski definition) is 1. The Morgan fingerprint density at radius 2 is 2.00 bits per heavy atom. The highest BCUT2D eigenvalue weighted by Gasteiger charge is 2.14. The second-order valence-corrected chi connectivity index (χ2v) is 2.32. The Morgan fingerprint density at radius 1 is 1.31 bits per heavy atom. The number of aromatic nitrogens is 2. The molecule has 6 heteroatoms. The summed E-state index contributed by atoms with van der Waals surface area (Å²) in [7, 11) is 4.40. The van der Waals surface area contributed by atoms with Gasteiger partial charge in [-0.1, -0.05) is 0 Å². The molecule has 0 bridgehead atoms. The molecule has 13 heavy (non-hydrogen) atoms. The highest BCUT2D eigenvalue weighted by Crippen LogP contribution is 2.21. The van der Waals surface area contributed by atoms with Crippen LogP contribution < -0.4 is 15.2 Å². The number of hydrogen-bond acceptors (Lipinski definition) is 4. The van der Waals surface area contributed by atoms with Crippen molar-refractivity contribution in [3.63, 3.8) is 0 Å². The third kappa shape index (κ3) is 1.67. The van der Waals surface area contributed by atoms with E-state index in [4.69, 9.17) is 14.2 Å². The van der Waals surface area contributed by atoms with Crippen molar-refractivity contribution in [1.29, 1.82) is 0 Å². The Bertz CT molecular complexity index is 328. The van der Waals surface area contributed by atoms with Crippen molar-refractivity contribution in [3.8, 4) is 11.8 Å². The minimum Gasteiger partial charge on any atom is -0.478 e. The van der Waals surface area contributed by atoms with Crippen molar-refractivity contribution in [3.05, 3.63) is 10.5 Å². The molecule has 1 aromatic rings. The summed E-state index contributed by atoms with van der Waals surface area (Å²) in [4.78, 5) is 13.7. The quantitative estimate of drug-likeness (QED) is 0.710. The highest BCUT2D eigenvalue weighted by atomic mass is 16.5. The van der Waals surface area contributed by atoms with E-state index in [1.54, 1.807) is 0 Å². The maximum atomic E-state index is 11.2. The van der Waals surface area contributed by atoms with Crippen molar-refractivity contribution < 1.29 is 14.2 Å². The van der Waals surface area contributed by atoms with Gasteiger partial charge in [-0.2, -0.15) is 0 Å². The zero-order chi connectivity index (χ0) is 9.84. The fourth-order valence-electron chi connectivity index (χ4n) is 1.02. The lowest BCUT2D eigenvalue weighted by Crippen LogP contribution is -2.18. The smallest absolute Gasteiger partial charge is 0.333 e. The number of aromatic amines is 1. The summed E-state index contributed by atoms with van der Waals surface area (Å²) in [5.41, 5.74) is -0.324. The number of nitrogens with zero attached hydrogens (tertiary/aromatic N) is 1. The molecule has 0 fully saturated rings. The van der Waals surface area contributed by atoms with Gasteiger partial charge in [0.15, 0.2) is 0 Å². The van der Waals surface area contributed by atoms with Crippen LogP contribution in [-0.2, 0) is 11.5 Å². The summed E-state index contributed by atoms with van der Waals surface area (Å²) in [6.07, 6.45) is 0. The molecule has 0 saturated carbocycles. The molecule has 0 aliphatic carbocycles. The lowest BCUT2D eigenvalue weighted by Gasteiger charge is -2.04. The third-order valence-electron chi connectivity index (χ3n) is 1.56. The van der Waals surface area contributed by atoms with Gasteiger partial charge in [0.2, 0.25) is 0 Å². The summed E-state index contributed by atoms with van der Waals surface area (Å²) in [6, 6.07) is 0. The van der Waals surface area contributed by atoms with Crippen molar-refractivity contribution >= 4 is 0 Å². The molecule has 6 nitrogen and oxygen atoms in total. The molecule has 0 aliphatic rings. The molecule has 1 N–H and O–H groups in total. The average Bonchev–Trinajstić information content (AvgIpc) is 2.44. The molecule has 0 unspecified atom stereocenters. The summed E-state index contributed by atoms with van der Waals surface area (Å²) >= 11 is 0. The standard InChI is InChI=1S/C7H12N2O4/c1-11-4-9-6(13-3)5(12-2)8-7(9)10/h4H2,1-3H3,(H,8,10). The van der Waals surface area contributed by atoms with Crippen molar-refractivity contribution in [2.24, 2.45) is 0 Å². The molecule has 0 radical (unpaired) electrons. The largest absolute Gasteiger partial charge is 0.478 e. The molecule has 0 aliphatic heterocycles. The summed E-state index contributed by atoms with van der Waals surface area (Å²) in [6.45, 7) is 0.127. The van der Waals surface area contributed by atoms with Crippen LogP contribution in [0.15, 0.2) is 4.79 Å². The first-order valence-electron chi connectivity index (χ1n) is 3.64. The van der Waals surface area contributed by atoms with Crippen LogP contribution in [0.5, 0.6) is 11.8 Å². The summed E-state index contributed by atoms with van der Waals surface area (Å²) < 4.78 is 16.0. The van der Waals surface area contributed by atoms with Crippen LogP contribution in [0.1, 0.15) is 0 Å². The Kier molecular flexibility index (Phi) is 2.97. The van der Waals surface area contributed by atoms with Crippen LogP contribution in [0.4, 0.5) is 0 Å². The predicted octanol–water partition coefficient (Wildman–Crippen LogP) is -0.203. The van der Waals surface area contributed by atoms with Crippen molar-refractivity contribution in [2.45, 2.75) is 6.73 Å². The number of H-pyrrole nitrogens is 1. The molecule has 0 amide bonds. The van der Waals surface area contributed by atoms with Gasteiger partial charge in [-0.25, -0.2) is 9.36 Å². The first-order chi connectivity index (χ1) is 6.24. The van der Waals surface area contributed by atoms with Gasteiger partial charge in [-0.05, 0) is 0 Å². The van der Waals surface area contributed by atoms with Gasteiger partial charge in [0.05, 0.1) is 14.2 Å². The van der Waals surface area contributed by atoms with Crippen LogP contribution in [0, 0.1) is 0 Å². The maximum absolute atomic E-state index is 11.2. The van der Waals surface area contributed by atoms with E-state index in [2.05, 4.69) is 4.98 Å². The van der Waals surface area contributed by atoms with Gasteiger partial charge in [-0.15, -0.1) is 0 Å². The number of methoxy groups -OCH3 is 3. The zero-order valence-electron chi connectivity index (χ0n) is 7.79. The van der Waals surface area contributed by atoms with E-state index in [1.165, 1.54) is 25.9 Å². The molecule has 1 heterocycles. The van der Waals surface area contributed by atoms with Gasteiger partial charge < -0.3 is 14.2 Å². The topological polar surface area (TPSA) is 65.5 Å². The summed E-state index contributed by atoms with van der Waals surface area (Å²) in [5, 5.41) is 0. The number of rotatable bonds is 4. The normalized spacial score (nSPS) is 10.1. The molecule has 0 saturated heterocycles. The molecule has 0 spiro atoms. The predicted molar refractivity (Wildman–Crippen MR) is 45.2 cm³/mol. The third-order valence-corrected chi connectivity index (χ3v) is 1.56. The van der Waals surface area contributed by atoms with E-state index < -0.39 is 0 Å². The monoisotopic (exact) mass is 188 g/mol. The molecule has 0 aromatic carbocycles. The van der Waals surface area contributed by atoms with E-state index >= 15 is 0 Å². The Hall–Kier alpha value is -1.43. The van der Waals surface area contributed by atoms with E-state index in [-0.39, 0.29) is 12.4 Å². The van der Waals surface area contributed by atoms with Gasteiger partial charge in [0.25, 0.3) is 11.8 Å². The van der Waals surface area contributed by atoms with Crippen LogP contribution in [-0.4, -0.2) is 30.9 Å². The van der Waals surface area contributed by atoms with Crippen LogP contribution >= 0.6 is 0 Å². The van der Waals surface area contributed by atoms with Crippen LogP contribution in [0.2, 0.25) is 0 Å². The minimum atomic E-state index is -0.324. The SMILES string of the molecule is COCn1c(OC)c(OC)[nH]c1=O. The van der Waals surface area contributed by atoms with E-state index in [9.17, 15) is 4.79 Å². The van der Waals surface area contributed by atoms with Crippen molar-refractivity contribution in [1.82, 2.24) is 9.55 Å². The molecular weight excluding hydrogens is 176 g/mol. The molecule has 74 valence electrons. The van der Waals surface area contributed by atoms with Gasteiger partial charge in [0.1, 0.15) is 6.73 Å². The zero-order valence-corrected chi connectivity index (χ0v) is 7.79. The Balaban J connectivity index is 3.15. The van der Waals surface area contributed by atoms with Gasteiger partial charge >= 0.3 is 5.69 Å². The second-order valence-electron chi connectivity index (χ2n) is 2.32. The van der Waals surface area contributed by atoms with Crippen LogP contribution in [0.3, 0.4) is 0 Å².